The molecule has 0 aliphatic carbocycles. The van der Waals surface area contributed by atoms with Gasteiger partial charge in [0.25, 0.3) is 5.91 Å². The quantitative estimate of drug-likeness (QED) is 0.857. The minimum absolute atomic E-state index is 0.0358. The molecule has 1 fully saturated rings. The van der Waals surface area contributed by atoms with Gasteiger partial charge in [0, 0.05) is 6.08 Å². The number of nitrogens with zero attached hydrogens (tertiary/aromatic N) is 1. The van der Waals surface area contributed by atoms with Gasteiger partial charge >= 0.3 is 6.09 Å². The summed E-state index contributed by atoms with van der Waals surface area (Å²) < 4.78 is 31.0. The van der Waals surface area contributed by atoms with Crippen molar-refractivity contribution in [3.8, 4) is 0 Å². The average molecular weight is 283 g/mol. The Morgan fingerprint density at radius 2 is 2.05 bits per heavy atom. The van der Waals surface area contributed by atoms with E-state index in [9.17, 15) is 23.5 Å². The fraction of sp³-hybridized carbons (Fsp3) is 0.231. The summed E-state index contributed by atoms with van der Waals surface area (Å²) in [6.07, 6.45) is -2.03. The Morgan fingerprint density at radius 3 is 2.60 bits per heavy atom. The Hall–Kier alpha value is -2.28. The van der Waals surface area contributed by atoms with Crippen molar-refractivity contribution in [3.05, 3.63) is 47.5 Å². The third kappa shape index (κ3) is 3.00. The van der Waals surface area contributed by atoms with Crippen LogP contribution in [-0.4, -0.2) is 35.2 Å². The molecule has 0 saturated carbocycles. The summed E-state index contributed by atoms with van der Waals surface area (Å²) in [4.78, 5) is 23.4. The van der Waals surface area contributed by atoms with Crippen molar-refractivity contribution in [2.24, 2.45) is 0 Å². The Kier molecular flexibility index (Phi) is 4.09. The molecule has 0 bridgehead atoms. The molecule has 1 atom stereocenters. The number of carbonyl (C=O) groups is 2. The fourth-order valence-electron chi connectivity index (χ4n) is 1.67. The van der Waals surface area contributed by atoms with Crippen LogP contribution < -0.4 is 0 Å². The summed E-state index contributed by atoms with van der Waals surface area (Å²) in [5.41, 5.74) is 0.0944. The number of hydrogen-bond donors (Lipinski definition) is 1. The number of imide groups is 1. The molecule has 20 heavy (non-hydrogen) atoms. The Morgan fingerprint density at radius 1 is 1.40 bits per heavy atom. The summed E-state index contributed by atoms with van der Waals surface area (Å²) in [5.74, 6) is -2.58. The zero-order chi connectivity index (χ0) is 14.7. The van der Waals surface area contributed by atoms with Crippen LogP contribution in [0.25, 0.3) is 0 Å². The third-order valence-electron chi connectivity index (χ3n) is 2.74. The zero-order valence-electron chi connectivity index (χ0n) is 10.3. The molecule has 2 rings (SSSR count). The van der Waals surface area contributed by atoms with Crippen LogP contribution in [0.1, 0.15) is 11.7 Å². The van der Waals surface area contributed by atoms with E-state index in [-0.39, 0.29) is 18.7 Å². The van der Waals surface area contributed by atoms with Gasteiger partial charge in [-0.2, -0.15) is 0 Å². The lowest BCUT2D eigenvalue weighted by molar-refractivity contribution is -0.122. The van der Waals surface area contributed by atoms with E-state index in [0.29, 0.717) is 6.08 Å². The summed E-state index contributed by atoms with van der Waals surface area (Å²) >= 11 is 0. The van der Waals surface area contributed by atoms with Crippen molar-refractivity contribution in [2.75, 3.05) is 13.2 Å². The number of rotatable bonds is 3. The second-order valence-electron chi connectivity index (χ2n) is 4.09. The minimum Gasteiger partial charge on any atom is -0.447 e. The molecule has 7 heteroatoms. The van der Waals surface area contributed by atoms with Gasteiger partial charge in [0.1, 0.15) is 24.4 Å². The Balaban J connectivity index is 2.11. The summed E-state index contributed by atoms with van der Waals surface area (Å²) in [5, 5.41) is 9.68. The smallest absolute Gasteiger partial charge is 0.416 e. The number of halogens is 2. The summed E-state index contributed by atoms with van der Waals surface area (Å²) in [7, 11) is 0. The van der Waals surface area contributed by atoms with E-state index in [4.69, 9.17) is 0 Å². The van der Waals surface area contributed by atoms with Crippen molar-refractivity contribution in [1.29, 1.82) is 0 Å². The van der Waals surface area contributed by atoms with Crippen LogP contribution in [0.5, 0.6) is 0 Å². The van der Waals surface area contributed by atoms with E-state index in [2.05, 4.69) is 4.74 Å². The van der Waals surface area contributed by atoms with Gasteiger partial charge in [-0.1, -0.05) is 12.1 Å². The number of aliphatic hydroxyl groups is 1. The molecule has 2 amide bonds. The summed E-state index contributed by atoms with van der Waals surface area (Å²) in [6.45, 7) is 0.0919. The molecule has 1 aliphatic rings. The largest absolute Gasteiger partial charge is 0.447 e. The molecule has 1 aliphatic heterocycles. The first-order chi connectivity index (χ1) is 9.49. The van der Waals surface area contributed by atoms with Gasteiger partial charge in [0.05, 0.1) is 6.54 Å². The first kappa shape index (κ1) is 14.1. The number of amides is 2. The average Bonchev–Trinajstić information content (AvgIpc) is 2.85. The first-order valence-corrected chi connectivity index (χ1v) is 5.78. The third-order valence-corrected chi connectivity index (χ3v) is 2.74. The minimum atomic E-state index is -1.70. The number of aliphatic hydroxyl groups excluding tert-OH is 1. The van der Waals surface area contributed by atoms with Gasteiger partial charge in [-0.15, -0.1) is 0 Å². The predicted octanol–water partition coefficient (Wildman–Crippen LogP) is 1.69. The number of hydrogen-bond acceptors (Lipinski definition) is 4. The lowest BCUT2D eigenvalue weighted by atomic mass is 10.1. The Bertz CT molecular complexity index is 556. The topological polar surface area (TPSA) is 66.8 Å². The Labute approximate surface area is 113 Å². The van der Waals surface area contributed by atoms with Crippen LogP contribution in [0.3, 0.4) is 0 Å². The van der Waals surface area contributed by atoms with Gasteiger partial charge in [-0.3, -0.25) is 4.79 Å². The molecule has 1 aromatic rings. The molecule has 1 aromatic carbocycles. The molecular weight excluding hydrogens is 272 g/mol. The molecule has 0 radical (unpaired) electrons. The molecule has 1 N–H and O–H groups in total. The van der Waals surface area contributed by atoms with E-state index in [1.165, 1.54) is 12.1 Å². The second-order valence-corrected chi connectivity index (χ2v) is 4.09. The maximum absolute atomic E-state index is 13.7. The highest BCUT2D eigenvalue weighted by atomic mass is 19.1. The van der Waals surface area contributed by atoms with Gasteiger partial charge in [-0.05, 0) is 17.7 Å². The van der Waals surface area contributed by atoms with Crippen LogP contribution in [0.2, 0.25) is 0 Å². The van der Waals surface area contributed by atoms with Gasteiger partial charge in [-0.25, -0.2) is 18.5 Å². The van der Waals surface area contributed by atoms with Crippen LogP contribution in [0.4, 0.5) is 13.6 Å². The lowest BCUT2D eigenvalue weighted by Crippen LogP contribution is -2.30. The first-order valence-electron chi connectivity index (χ1n) is 5.78. The van der Waals surface area contributed by atoms with Crippen molar-refractivity contribution in [3.63, 3.8) is 0 Å². The highest BCUT2D eigenvalue weighted by Gasteiger charge is 2.28. The van der Waals surface area contributed by atoms with E-state index < -0.39 is 29.7 Å². The van der Waals surface area contributed by atoms with Gasteiger partial charge in [0.15, 0.2) is 0 Å². The molecule has 106 valence electrons. The molecule has 1 heterocycles. The number of benzene rings is 1. The van der Waals surface area contributed by atoms with E-state index in [1.54, 1.807) is 0 Å². The van der Waals surface area contributed by atoms with Crippen molar-refractivity contribution >= 4 is 12.0 Å². The lowest BCUT2D eigenvalue weighted by Gasteiger charge is -2.11. The fourth-order valence-corrected chi connectivity index (χ4v) is 1.67. The normalized spacial score (nSPS) is 17.1. The van der Waals surface area contributed by atoms with Crippen molar-refractivity contribution < 1.29 is 28.2 Å². The van der Waals surface area contributed by atoms with E-state index >= 15 is 0 Å². The molecular formula is C13H11F2NO4. The molecule has 5 nitrogen and oxygen atoms in total. The van der Waals surface area contributed by atoms with Crippen molar-refractivity contribution in [2.45, 2.75) is 6.10 Å². The van der Waals surface area contributed by atoms with Crippen LogP contribution in [0, 0.1) is 5.82 Å². The maximum Gasteiger partial charge on any atom is 0.416 e. The highest BCUT2D eigenvalue weighted by Crippen LogP contribution is 2.23. The predicted molar refractivity (Wildman–Crippen MR) is 63.6 cm³/mol. The summed E-state index contributed by atoms with van der Waals surface area (Å²) in [6, 6.07) is 4.51. The molecule has 0 aromatic heterocycles. The molecule has 1 saturated heterocycles. The highest BCUT2D eigenvalue weighted by molar-refractivity contribution is 5.99. The van der Waals surface area contributed by atoms with Crippen LogP contribution in [-0.2, 0) is 9.53 Å². The monoisotopic (exact) mass is 283 g/mol. The second kappa shape index (κ2) is 5.79. The zero-order valence-corrected chi connectivity index (χ0v) is 10.3. The van der Waals surface area contributed by atoms with Gasteiger partial charge < -0.3 is 9.84 Å². The number of cyclic esters (lactones) is 1. The van der Waals surface area contributed by atoms with Crippen molar-refractivity contribution in [1.82, 2.24) is 4.90 Å². The molecule has 1 unspecified atom stereocenters. The van der Waals surface area contributed by atoms with E-state index in [1.807, 2.05) is 0 Å². The number of ether oxygens (including phenoxy) is 1. The SMILES string of the molecule is O=C(/C=C(/F)C(O)c1ccc(F)cc1)N1CCOC1=O. The molecule has 0 spiro atoms. The van der Waals surface area contributed by atoms with E-state index in [0.717, 1.165) is 17.0 Å². The maximum atomic E-state index is 13.7. The standard InChI is InChI=1S/C13H11F2NO4/c14-9-3-1-8(2-4-9)12(18)10(15)7-11(17)16-5-6-20-13(16)19/h1-4,7,12,18H,5-6H2/b10-7+. The van der Waals surface area contributed by atoms with Gasteiger partial charge in [0.2, 0.25) is 0 Å². The van der Waals surface area contributed by atoms with Crippen LogP contribution >= 0.6 is 0 Å². The van der Waals surface area contributed by atoms with Crippen LogP contribution in [0.15, 0.2) is 36.2 Å². The number of carbonyl (C=O) groups excluding carboxylic acids is 2.